The summed E-state index contributed by atoms with van der Waals surface area (Å²) in [5.74, 6) is 1.17. The molecule has 0 saturated heterocycles. The molecule has 0 aliphatic heterocycles. The fourth-order valence-corrected chi connectivity index (χ4v) is 4.83. The van der Waals surface area contributed by atoms with E-state index in [0.717, 1.165) is 27.9 Å². The van der Waals surface area contributed by atoms with E-state index in [1.807, 2.05) is 74.8 Å². The Labute approximate surface area is 223 Å². The van der Waals surface area contributed by atoms with Crippen LogP contribution in [0.4, 0.5) is 11.5 Å². The monoisotopic (exact) mass is 518 g/mol. The van der Waals surface area contributed by atoms with Gasteiger partial charge in [0.25, 0.3) is 11.4 Å². The summed E-state index contributed by atoms with van der Waals surface area (Å²) < 4.78 is 9.13. The van der Waals surface area contributed by atoms with Crippen LogP contribution in [-0.2, 0) is 7.05 Å². The Bertz CT molecular complexity index is 1870. The fraction of sp³-hybridized carbons (Fsp3) is 0.138. The predicted molar refractivity (Wildman–Crippen MR) is 150 cm³/mol. The van der Waals surface area contributed by atoms with Gasteiger partial charge in [-0.3, -0.25) is 14.0 Å². The molecule has 0 saturated carbocycles. The Morgan fingerprint density at radius 3 is 2.59 bits per heavy atom. The number of pyridine rings is 2. The smallest absolute Gasteiger partial charge is 0.263 e. The van der Waals surface area contributed by atoms with Crippen LogP contribution in [-0.4, -0.2) is 29.5 Å². The SMILES string of the molecule is Cc1nnc(-c2c(N)ccnc2N[C@@H](C)c2cc3cccc(-c4cnn(C)c4)c3c(=O)n2-c2ccccc2)o1. The van der Waals surface area contributed by atoms with Crippen LogP contribution in [0.25, 0.3) is 39.0 Å². The lowest BCUT2D eigenvalue weighted by Crippen LogP contribution is -2.26. The molecule has 6 rings (SSSR count). The van der Waals surface area contributed by atoms with E-state index in [9.17, 15) is 4.79 Å². The van der Waals surface area contributed by atoms with Crippen molar-refractivity contribution in [3.8, 4) is 28.3 Å². The van der Waals surface area contributed by atoms with Gasteiger partial charge in [-0.15, -0.1) is 10.2 Å². The number of nitrogens with two attached hydrogens (primary N) is 1. The number of nitrogens with zero attached hydrogens (tertiary/aromatic N) is 6. The summed E-state index contributed by atoms with van der Waals surface area (Å²) in [4.78, 5) is 18.8. The molecule has 2 aromatic carbocycles. The standard InChI is InChI=1S/C29H26N8O2/c1-17(33-27-26(23(30)12-13-31-27)28-35-34-18(2)39-28)24-14-19-8-7-11-22(20-15-32-36(3)16-20)25(19)29(38)37(24)21-9-5-4-6-10-21/h4-17H,1-3H3,(H3,30,31,33)/t17-/m0/s1. The van der Waals surface area contributed by atoms with Gasteiger partial charge >= 0.3 is 0 Å². The van der Waals surface area contributed by atoms with Gasteiger partial charge in [-0.05, 0) is 42.1 Å². The van der Waals surface area contributed by atoms with Gasteiger partial charge in [0, 0.05) is 49.0 Å². The molecule has 0 amide bonds. The Hall–Kier alpha value is -5.25. The third kappa shape index (κ3) is 4.31. The molecule has 10 heteroatoms. The maximum absolute atomic E-state index is 14.3. The molecule has 6 aromatic rings. The molecule has 0 fully saturated rings. The van der Waals surface area contributed by atoms with Crippen molar-refractivity contribution in [3.63, 3.8) is 0 Å². The topological polar surface area (TPSA) is 130 Å². The number of aromatic nitrogens is 6. The highest BCUT2D eigenvalue weighted by atomic mass is 16.4. The molecule has 1 atom stereocenters. The number of hydrogen-bond acceptors (Lipinski definition) is 8. The van der Waals surface area contributed by atoms with E-state index in [0.29, 0.717) is 28.3 Å². The third-order valence-corrected chi connectivity index (χ3v) is 6.63. The van der Waals surface area contributed by atoms with Gasteiger partial charge in [-0.1, -0.05) is 36.4 Å². The largest absolute Gasteiger partial charge is 0.421 e. The molecule has 3 N–H and O–H groups in total. The number of nitrogen functional groups attached to an aromatic ring is 1. The number of aryl methyl sites for hydroxylation is 2. The van der Waals surface area contributed by atoms with E-state index in [4.69, 9.17) is 10.2 Å². The van der Waals surface area contributed by atoms with E-state index in [2.05, 4.69) is 25.6 Å². The summed E-state index contributed by atoms with van der Waals surface area (Å²) >= 11 is 0. The minimum Gasteiger partial charge on any atom is -0.421 e. The molecular formula is C29H26N8O2. The van der Waals surface area contributed by atoms with Crippen LogP contribution in [0, 0.1) is 6.92 Å². The second-order valence-corrected chi connectivity index (χ2v) is 9.33. The zero-order chi connectivity index (χ0) is 27.1. The zero-order valence-corrected chi connectivity index (χ0v) is 21.7. The molecule has 4 aromatic heterocycles. The van der Waals surface area contributed by atoms with Crippen LogP contribution >= 0.6 is 0 Å². The minimum atomic E-state index is -0.360. The van der Waals surface area contributed by atoms with Gasteiger partial charge in [0.2, 0.25) is 5.89 Å². The first-order valence-corrected chi connectivity index (χ1v) is 12.5. The number of nitrogens with one attached hydrogen (secondary N) is 1. The van der Waals surface area contributed by atoms with Crippen LogP contribution in [0.5, 0.6) is 0 Å². The van der Waals surface area contributed by atoms with Gasteiger partial charge in [-0.2, -0.15) is 5.10 Å². The summed E-state index contributed by atoms with van der Waals surface area (Å²) in [5.41, 5.74) is 10.3. The van der Waals surface area contributed by atoms with Crippen molar-refractivity contribution < 1.29 is 4.42 Å². The van der Waals surface area contributed by atoms with Crippen LogP contribution in [0.1, 0.15) is 24.6 Å². The van der Waals surface area contributed by atoms with Gasteiger partial charge in [0.05, 0.1) is 17.6 Å². The zero-order valence-electron chi connectivity index (χ0n) is 21.7. The third-order valence-electron chi connectivity index (χ3n) is 6.63. The average molecular weight is 519 g/mol. The van der Waals surface area contributed by atoms with E-state index in [1.165, 1.54) is 0 Å². The Kier molecular flexibility index (Phi) is 5.91. The number of hydrogen-bond donors (Lipinski definition) is 2. The maximum Gasteiger partial charge on any atom is 0.263 e. The van der Waals surface area contributed by atoms with Crippen molar-refractivity contribution in [3.05, 3.63) is 101 Å². The van der Waals surface area contributed by atoms with Crippen molar-refractivity contribution >= 4 is 22.3 Å². The maximum atomic E-state index is 14.3. The van der Waals surface area contributed by atoms with Gasteiger partial charge in [0.1, 0.15) is 11.4 Å². The summed E-state index contributed by atoms with van der Waals surface area (Å²) in [7, 11) is 1.86. The molecule has 0 bridgehead atoms. The highest BCUT2D eigenvalue weighted by Gasteiger charge is 2.22. The quantitative estimate of drug-likeness (QED) is 0.318. The molecule has 4 heterocycles. The van der Waals surface area contributed by atoms with Gasteiger partial charge in [-0.25, -0.2) is 4.98 Å². The molecule has 0 aliphatic rings. The predicted octanol–water partition coefficient (Wildman–Crippen LogP) is 4.90. The first-order chi connectivity index (χ1) is 18.9. The van der Waals surface area contributed by atoms with Gasteiger partial charge in [0.15, 0.2) is 0 Å². The summed E-state index contributed by atoms with van der Waals surface area (Å²) in [5, 5.41) is 17.3. The second-order valence-electron chi connectivity index (χ2n) is 9.33. The molecule has 0 unspecified atom stereocenters. The highest BCUT2D eigenvalue weighted by molar-refractivity contribution is 5.96. The second kappa shape index (κ2) is 9.56. The van der Waals surface area contributed by atoms with Crippen molar-refractivity contribution in [1.82, 2.24) is 29.5 Å². The number of benzene rings is 2. The van der Waals surface area contributed by atoms with E-state index in [1.54, 1.807) is 34.6 Å². The van der Waals surface area contributed by atoms with Crippen LogP contribution in [0.3, 0.4) is 0 Å². The molecular weight excluding hydrogens is 492 g/mol. The highest BCUT2D eigenvalue weighted by Crippen LogP contribution is 2.34. The number of para-hydroxylation sites is 1. The van der Waals surface area contributed by atoms with Gasteiger partial charge < -0.3 is 15.5 Å². The normalized spacial score (nSPS) is 12.1. The minimum absolute atomic E-state index is 0.130. The summed E-state index contributed by atoms with van der Waals surface area (Å²) in [6, 6.07) is 18.8. The summed E-state index contributed by atoms with van der Waals surface area (Å²) in [6.45, 7) is 3.69. The van der Waals surface area contributed by atoms with E-state index in [-0.39, 0.29) is 17.5 Å². The Morgan fingerprint density at radius 2 is 1.87 bits per heavy atom. The van der Waals surface area contributed by atoms with Crippen LogP contribution in [0.2, 0.25) is 0 Å². The molecule has 194 valence electrons. The Balaban J connectivity index is 1.54. The molecule has 39 heavy (non-hydrogen) atoms. The van der Waals surface area contributed by atoms with Crippen LogP contribution in [0.15, 0.2) is 88.5 Å². The van der Waals surface area contributed by atoms with Crippen LogP contribution < -0.4 is 16.6 Å². The van der Waals surface area contributed by atoms with E-state index < -0.39 is 0 Å². The number of fused-ring (bicyclic) bond motifs is 1. The number of rotatable bonds is 6. The van der Waals surface area contributed by atoms with Crippen molar-refractivity contribution in [2.24, 2.45) is 7.05 Å². The van der Waals surface area contributed by atoms with Crippen molar-refractivity contribution in [2.45, 2.75) is 19.9 Å². The molecule has 0 aliphatic carbocycles. The molecule has 0 spiro atoms. The first-order valence-electron chi connectivity index (χ1n) is 12.5. The lowest BCUT2D eigenvalue weighted by atomic mass is 9.99. The van der Waals surface area contributed by atoms with Crippen molar-refractivity contribution in [2.75, 3.05) is 11.1 Å². The lowest BCUT2D eigenvalue weighted by molar-refractivity contribution is 0.533. The summed E-state index contributed by atoms with van der Waals surface area (Å²) in [6.07, 6.45) is 5.29. The Morgan fingerprint density at radius 1 is 1.05 bits per heavy atom. The average Bonchev–Trinajstić information content (AvgIpc) is 3.56. The van der Waals surface area contributed by atoms with Crippen molar-refractivity contribution in [1.29, 1.82) is 0 Å². The molecule has 10 nitrogen and oxygen atoms in total. The lowest BCUT2D eigenvalue weighted by Gasteiger charge is -2.23. The molecule has 0 radical (unpaired) electrons. The first kappa shape index (κ1) is 24.1. The fourth-order valence-electron chi connectivity index (χ4n) is 4.83. The van der Waals surface area contributed by atoms with E-state index >= 15 is 0 Å². The number of anilines is 2.